The second kappa shape index (κ2) is 48.3. The number of ether oxygens (including phenoxy) is 4. The SMILES string of the molecule is CCCCCCCCCCCCCCCCCCCCCCCCCC(=O)O[C@H](COC(=O)CCCCCCCCCCCCCCCCCCCCCC)CO[C@H]1O[C@H](CS(=O)(=O)O)[C@@H](O)C(O)C1O. The molecule has 0 aliphatic carbocycles. The third-order valence-electron chi connectivity index (χ3n) is 14.4. The minimum atomic E-state index is -4.60. The van der Waals surface area contributed by atoms with Crippen molar-refractivity contribution in [3.05, 3.63) is 0 Å². The molecule has 12 nitrogen and oxygen atoms in total. The highest BCUT2D eigenvalue weighted by atomic mass is 32.2. The van der Waals surface area contributed by atoms with Gasteiger partial charge in [0.2, 0.25) is 0 Å². The van der Waals surface area contributed by atoms with E-state index in [0.717, 1.165) is 38.5 Å². The van der Waals surface area contributed by atoms with Gasteiger partial charge in [-0.1, -0.05) is 277 Å². The summed E-state index contributed by atoms with van der Waals surface area (Å²) in [5.41, 5.74) is 0. The first-order chi connectivity index (χ1) is 34.5. The monoisotopic (exact) mass is 1030 g/mol. The number of hydrogen-bond donors (Lipinski definition) is 4. The minimum Gasteiger partial charge on any atom is -0.462 e. The van der Waals surface area contributed by atoms with E-state index in [-0.39, 0.29) is 19.4 Å². The Morgan fingerprint density at radius 3 is 1.03 bits per heavy atom. The molecule has 1 aliphatic heterocycles. The standard InChI is InChI=1S/C58H112O12S/c1-3-5-7-9-11-13-15-17-19-21-23-25-26-27-29-31-33-35-37-39-41-43-45-47-54(60)69-51(49-68-58-57(63)56(62)55(61)52(70-58)50-71(64,65)66)48-67-53(59)46-44-42-40-38-36-34-32-30-28-24-22-20-18-16-14-12-10-8-6-4-2/h51-52,55-58,61-63H,3-50H2,1-2H3,(H,64,65,66)/t51-,52-,55-,56?,57?,58+/m1/s1. The van der Waals surface area contributed by atoms with Crippen LogP contribution < -0.4 is 0 Å². The van der Waals surface area contributed by atoms with Gasteiger partial charge in [-0.2, -0.15) is 8.42 Å². The average molecular weight is 1030 g/mol. The third kappa shape index (κ3) is 42.6. The number of unbranched alkanes of at least 4 members (excludes halogenated alkanes) is 41. The number of aliphatic hydroxyl groups is 3. The summed E-state index contributed by atoms with van der Waals surface area (Å²) in [6.45, 7) is 3.84. The van der Waals surface area contributed by atoms with Crippen LogP contribution in [0, 0.1) is 0 Å². The topological polar surface area (TPSA) is 186 Å². The van der Waals surface area contributed by atoms with Crippen molar-refractivity contribution >= 4 is 22.1 Å². The Hall–Kier alpha value is -1.35. The molecule has 71 heavy (non-hydrogen) atoms. The maximum Gasteiger partial charge on any atom is 0.306 e. The second-order valence-corrected chi connectivity index (χ2v) is 22.9. The molecule has 0 radical (unpaired) electrons. The smallest absolute Gasteiger partial charge is 0.306 e. The number of rotatable bonds is 53. The van der Waals surface area contributed by atoms with Gasteiger partial charge in [-0.05, 0) is 12.8 Å². The number of esters is 2. The number of aliphatic hydroxyl groups excluding tert-OH is 3. The highest BCUT2D eigenvalue weighted by Crippen LogP contribution is 2.24. The van der Waals surface area contributed by atoms with Crippen molar-refractivity contribution in [2.45, 2.75) is 340 Å². The number of hydrogen-bond acceptors (Lipinski definition) is 11. The lowest BCUT2D eigenvalue weighted by molar-refractivity contribution is -0.297. The summed E-state index contributed by atoms with van der Waals surface area (Å²) < 4.78 is 54.5. The summed E-state index contributed by atoms with van der Waals surface area (Å²) >= 11 is 0. The van der Waals surface area contributed by atoms with Crippen LogP contribution in [0.3, 0.4) is 0 Å². The molecule has 0 aromatic heterocycles. The van der Waals surface area contributed by atoms with Crippen LogP contribution >= 0.6 is 0 Å². The summed E-state index contributed by atoms with van der Waals surface area (Å²) in [6.07, 6.45) is 45.8. The zero-order chi connectivity index (χ0) is 51.9. The first-order valence-electron chi connectivity index (χ1n) is 30.1. The summed E-state index contributed by atoms with van der Waals surface area (Å²) in [7, 11) is -4.60. The highest BCUT2D eigenvalue weighted by molar-refractivity contribution is 7.85. The van der Waals surface area contributed by atoms with E-state index in [4.69, 9.17) is 18.9 Å². The van der Waals surface area contributed by atoms with Crippen molar-refractivity contribution in [3.63, 3.8) is 0 Å². The maximum atomic E-state index is 12.9. The van der Waals surface area contributed by atoms with Gasteiger partial charge >= 0.3 is 11.9 Å². The molecule has 1 heterocycles. The Morgan fingerprint density at radius 2 is 0.718 bits per heavy atom. The van der Waals surface area contributed by atoms with Crippen LogP contribution in [-0.2, 0) is 38.7 Å². The van der Waals surface area contributed by atoms with E-state index < -0.39 is 71.2 Å². The molecule has 2 unspecified atom stereocenters. The fourth-order valence-corrected chi connectivity index (χ4v) is 10.5. The van der Waals surface area contributed by atoms with Gasteiger partial charge < -0.3 is 34.3 Å². The fraction of sp³-hybridized carbons (Fsp3) is 0.966. The predicted molar refractivity (Wildman–Crippen MR) is 289 cm³/mol. The lowest BCUT2D eigenvalue weighted by atomic mass is 10.00. The molecule has 13 heteroatoms. The molecule has 0 bridgehead atoms. The van der Waals surface area contributed by atoms with Crippen LogP contribution in [0.15, 0.2) is 0 Å². The third-order valence-corrected chi connectivity index (χ3v) is 15.2. The Bertz CT molecular complexity index is 1300. The zero-order valence-corrected chi connectivity index (χ0v) is 46.7. The fourth-order valence-electron chi connectivity index (χ4n) is 9.80. The van der Waals surface area contributed by atoms with Crippen LogP contribution in [-0.4, -0.2) is 96.0 Å². The molecule has 0 aromatic carbocycles. The van der Waals surface area contributed by atoms with E-state index >= 15 is 0 Å². The molecular formula is C58H112O12S. The van der Waals surface area contributed by atoms with E-state index in [9.17, 15) is 37.9 Å². The van der Waals surface area contributed by atoms with Crippen LogP contribution in [0.4, 0.5) is 0 Å². The lowest BCUT2D eigenvalue weighted by Crippen LogP contribution is -2.60. The van der Waals surface area contributed by atoms with Crippen LogP contribution in [0.25, 0.3) is 0 Å². The first kappa shape index (κ1) is 67.7. The highest BCUT2D eigenvalue weighted by Gasteiger charge is 2.46. The molecule has 0 aromatic rings. The van der Waals surface area contributed by atoms with Crippen molar-refractivity contribution in [1.29, 1.82) is 0 Å². The molecular weight excluding hydrogens is 921 g/mol. The van der Waals surface area contributed by atoms with Crippen LogP contribution in [0.1, 0.15) is 303 Å². The van der Waals surface area contributed by atoms with Gasteiger partial charge in [0.1, 0.15) is 36.8 Å². The van der Waals surface area contributed by atoms with Gasteiger partial charge in [0.25, 0.3) is 10.1 Å². The number of carbonyl (C=O) groups is 2. The van der Waals surface area contributed by atoms with Gasteiger partial charge in [-0.25, -0.2) is 0 Å². The quantitative estimate of drug-likeness (QED) is 0.0257. The van der Waals surface area contributed by atoms with E-state index in [1.807, 2.05) is 0 Å². The Morgan fingerprint density at radius 1 is 0.423 bits per heavy atom. The average Bonchev–Trinajstić information content (AvgIpc) is 3.34. The maximum absolute atomic E-state index is 12.9. The zero-order valence-electron chi connectivity index (χ0n) is 45.9. The molecule has 6 atom stereocenters. The van der Waals surface area contributed by atoms with Crippen LogP contribution in [0.2, 0.25) is 0 Å². The summed E-state index contributed by atoms with van der Waals surface area (Å²) in [4.78, 5) is 25.6. The summed E-state index contributed by atoms with van der Waals surface area (Å²) in [6, 6.07) is 0. The van der Waals surface area contributed by atoms with Crippen molar-refractivity contribution in [2.24, 2.45) is 0 Å². The van der Waals surface area contributed by atoms with Gasteiger partial charge in [0.15, 0.2) is 12.4 Å². The summed E-state index contributed by atoms with van der Waals surface area (Å²) in [5, 5.41) is 31.1. The van der Waals surface area contributed by atoms with Crippen molar-refractivity contribution < 1.29 is 56.8 Å². The van der Waals surface area contributed by atoms with E-state index in [2.05, 4.69) is 13.8 Å². The molecule has 0 spiro atoms. The molecule has 1 saturated heterocycles. The van der Waals surface area contributed by atoms with Crippen molar-refractivity contribution in [2.75, 3.05) is 19.0 Å². The second-order valence-electron chi connectivity index (χ2n) is 21.4. The largest absolute Gasteiger partial charge is 0.462 e. The van der Waals surface area contributed by atoms with Gasteiger partial charge in [0, 0.05) is 12.8 Å². The molecule has 1 rings (SSSR count). The van der Waals surface area contributed by atoms with E-state index in [1.54, 1.807) is 0 Å². The van der Waals surface area contributed by atoms with Crippen molar-refractivity contribution in [3.8, 4) is 0 Å². The van der Waals surface area contributed by atoms with Crippen LogP contribution in [0.5, 0.6) is 0 Å². The lowest BCUT2D eigenvalue weighted by Gasteiger charge is -2.40. The van der Waals surface area contributed by atoms with Crippen molar-refractivity contribution in [1.82, 2.24) is 0 Å². The number of carbonyl (C=O) groups excluding carboxylic acids is 2. The van der Waals surface area contributed by atoms with Gasteiger partial charge in [0.05, 0.1) is 6.61 Å². The normalized spacial score (nSPS) is 18.8. The van der Waals surface area contributed by atoms with E-state index in [0.29, 0.717) is 12.8 Å². The van der Waals surface area contributed by atoms with Gasteiger partial charge in [-0.3, -0.25) is 14.1 Å². The molecule has 0 saturated carbocycles. The first-order valence-corrected chi connectivity index (χ1v) is 31.7. The predicted octanol–water partition coefficient (Wildman–Crippen LogP) is 14.7. The van der Waals surface area contributed by atoms with Gasteiger partial charge in [-0.15, -0.1) is 0 Å². The minimum absolute atomic E-state index is 0.174. The summed E-state index contributed by atoms with van der Waals surface area (Å²) in [5.74, 6) is -1.95. The Kier molecular flexibility index (Phi) is 46.0. The van der Waals surface area contributed by atoms with E-state index in [1.165, 1.54) is 225 Å². The Balaban J connectivity index is 2.27. The molecule has 422 valence electrons. The Labute approximate surface area is 435 Å². The molecule has 0 amide bonds. The molecule has 4 N–H and O–H groups in total. The molecule has 1 aliphatic rings. The molecule has 1 fully saturated rings.